The first kappa shape index (κ1) is 15.2. The minimum atomic E-state index is -0.219. The number of hydrogen-bond donors (Lipinski definition) is 2. The molecule has 6 nitrogen and oxygen atoms in total. The van der Waals surface area contributed by atoms with Crippen LogP contribution in [0.1, 0.15) is 23.5 Å². The van der Waals surface area contributed by atoms with Gasteiger partial charge in [-0.1, -0.05) is 13.0 Å². The van der Waals surface area contributed by atoms with Crippen LogP contribution in [-0.2, 0) is 6.54 Å². The Morgan fingerprint density at radius 2 is 2.29 bits per heavy atom. The first-order valence-corrected chi connectivity index (χ1v) is 7.48. The number of urea groups is 1. The van der Waals surface area contributed by atoms with Crippen molar-refractivity contribution in [1.29, 1.82) is 0 Å². The Morgan fingerprint density at radius 1 is 1.43 bits per heavy atom. The molecule has 7 heteroatoms. The van der Waals surface area contributed by atoms with Crippen LogP contribution in [0.3, 0.4) is 0 Å². The van der Waals surface area contributed by atoms with E-state index >= 15 is 0 Å². The lowest BCUT2D eigenvalue weighted by Crippen LogP contribution is -2.37. The van der Waals surface area contributed by atoms with Crippen molar-refractivity contribution in [2.24, 2.45) is 0 Å². The molecule has 0 fully saturated rings. The number of amides is 2. The lowest BCUT2D eigenvalue weighted by molar-refractivity contribution is 0.240. The summed E-state index contributed by atoms with van der Waals surface area (Å²) in [4.78, 5) is 20.2. The molecule has 0 bridgehead atoms. The molecule has 2 N–H and O–H groups in total. The first-order chi connectivity index (χ1) is 10.2. The number of nitrogens with one attached hydrogen (secondary N) is 2. The van der Waals surface area contributed by atoms with Crippen molar-refractivity contribution in [3.8, 4) is 5.88 Å². The van der Waals surface area contributed by atoms with Crippen molar-refractivity contribution in [1.82, 2.24) is 20.6 Å². The van der Waals surface area contributed by atoms with Crippen molar-refractivity contribution in [3.63, 3.8) is 0 Å². The lowest BCUT2D eigenvalue weighted by atomic mass is 10.2. The van der Waals surface area contributed by atoms with Crippen LogP contribution >= 0.6 is 11.3 Å². The van der Waals surface area contributed by atoms with Crippen LogP contribution in [-0.4, -0.2) is 29.7 Å². The third kappa shape index (κ3) is 4.71. The van der Waals surface area contributed by atoms with Crippen LogP contribution in [0.2, 0.25) is 0 Å². The molecule has 21 heavy (non-hydrogen) atoms. The Labute approximate surface area is 127 Å². The summed E-state index contributed by atoms with van der Waals surface area (Å²) in [6.45, 7) is 2.93. The maximum Gasteiger partial charge on any atom is 0.315 e. The highest BCUT2D eigenvalue weighted by Crippen LogP contribution is 2.16. The molecular formula is C14H18N4O2S. The van der Waals surface area contributed by atoms with E-state index in [9.17, 15) is 4.79 Å². The monoisotopic (exact) mass is 306 g/mol. The van der Waals surface area contributed by atoms with Gasteiger partial charge >= 0.3 is 6.03 Å². The van der Waals surface area contributed by atoms with E-state index in [-0.39, 0.29) is 11.9 Å². The number of thiazole rings is 1. The van der Waals surface area contributed by atoms with Crippen molar-refractivity contribution in [3.05, 3.63) is 40.5 Å². The number of methoxy groups -OCH3 is 1. The standard InChI is InChI=1S/C14H18N4O2S/c1-10(13-15-6-7-21-13)8-16-14(19)17-9-11-4-3-5-12(18-11)20-2/h3-7,10H,8-9H2,1-2H3,(H2,16,17,19)/t10-/m1/s1. The van der Waals surface area contributed by atoms with Gasteiger partial charge in [-0.3, -0.25) is 0 Å². The first-order valence-electron chi connectivity index (χ1n) is 6.60. The summed E-state index contributed by atoms with van der Waals surface area (Å²) >= 11 is 1.59. The molecule has 0 aliphatic carbocycles. The summed E-state index contributed by atoms with van der Waals surface area (Å²) in [6, 6.07) is 5.22. The Balaban J connectivity index is 1.74. The average molecular weight is 306 g/mol. The van der Waals surface area contributed by atoms with E-state index in [0.717, 1.165) is 10.7 Å². The van der Waals surface area contributed by atoms with Gasteiger partial charge < -0.3 is 15.4 Å². The second-order valence-corrected chi connectivity index (χ2v) is 5.43. The minimum Gasteiger partial charge on any atom is -0.481 e. The Kier molecular flexibility index (Phi) is 5.51. The van der Waals surface area contributed by atoms with Crippen LogP contribution in [0.25, 0.3) is 0 Å². The zero-order valence-electron chi connectivity index (χ0n) is 12.0. The number of rotatable bonds is 6. The lowest BCUT2D eigenvalue weighted by Gasteiger charge is -2.11. The van der Waals surface area contributed by atoms with Gasteiger partial charge in [0.1, 0.15) is 0 Å². The molecule has 0 aromatic carbocycles. The Bertz CT molecular complexity index is 574. The van der Waals surface area contributed by atoms with E-state index in [1.54, 1.807) is 30.7 Å². The summed E-state index contributed by atoms with van der Waals surface area (Å²) in [5.74, 6) is 0.734. The van der Waals surface area contributed by atoms with Gasteiger partial charge in [-0.05, 0) is 6.07 Å². The molecule has 0 aliphatic rings. The van der Waals surface area contributed by atoms with E-state index in [1.165, 1.54) is 0 Å². The highest BCUT2D eigenvalue weighted by atomic mass is 32.1. The third-order valence-electron chi connectivity index (χ3n) is 2.86. The topological polar surface area (TPSA) is 76.1 Å². The maximum absolute atomic E-state index is 11.7. The van der Waals surface area contributed by atoms with E-state index in [4.69, 9.17) is 4.74 Å². The largest absolute Gasteiger partial charge is 0.481 e. The van der Waals surface area contributed by atoms with Crippen LogP contribution in [0, 0.1) is 0 Å². The number of aromatic nitrogens is 2. The van der Waals surface area contributed by atoms with Gasteiger partial charge in [0.25, 0.3) is 0 Å². The number of nitrogens with zero attached hydrogens (tertiary/aromatic N) is 2. The van der Waals surface area contributed by atoms with Crippen molar-refractivity contribution >= 4 is 17.4 Å². The minimum absolute atomic E-state index is 0.200. The summed E-state index contributed by atoms with van der Waals surface area (Å²) < 4.78 is 5.04. The van der Waals surface area contributed by atoms with Crippen molar-refractivity contribution in [2.45, 2.75) is 19.4 Å². The molecule has 2 aromatic rings. The quantitative estimate of drug-likeness (QED) is 0.857. The van der Waals surface area contributed by atoms with Gasteiger partial charge in [-0.25, -0.2) is 14.8 Å². The number of ether oxygens (including phenoxy) is 1. The molecule has 0 saturated heterocycles. The zero-order valence-corrected chi connectivity index (χ0v) is 12.8. The molecule has 0 unspecified atom stereocenters. The highest BCUT2D eigenvalue weighted by Gasteiger charge is 2.09. The molecule has 2 heterocycles. The Morgan fingerprint density at radius 3 is 3.00 bits per heavy atom. The van der Waals surface area contributed by atoms with Crippen LogP contribution in [0.5, 0.6) is 5.88 Å². The number of carbonyl (C=O) groups excluding carboxylic acids is 1. The summed E-state index contributed by atoms with van der Waals surface area (Å²) in [7, 11) is 1.56. The summed E-state index contributed by atoms with van der Waals surface area (Å²) in [6.07, 6.45) is 1.77. The van der Waals surface area contributed by atoms with E-state index in [1.807, 2.05) is 24.4 Å². The van der Waals surface area contributed by atoms with Gasteiger partial charge in [-0.2, -0.15) is 0 Å². The smallest absolute Gasteiger partial charge is 0.315 e. The van der Waals surface area contributed by atoms with Gasteiger partial charge in [-0.15, -0.1) is 11.3 Å². The molecular weight excluding hydrogens is 288 g/mol. The number of hydrogen-bond acceptors (Lipinski definition) is 5. The predicted molar refractivity (Wildman–Crippen MR) is 81.6 cm³/mol. The number of pyridine rings is 1. The Hall–Kier alpha value is -2.15. The molecule has 0 aliphatic heterocycles. The molecule has 2 rings (SSSR count). The van der Waals surface area contributed by atoms with Gasteiger partial charge in [0.15, 0.2) is 0 Å². The van der Waals surface area contributed by atoms with Gasteiger partial charge in [0.05, 0.1) is 24.4 Å². The average Bonchev–Trinajstić information content (AvgIpc) is 3.05. The fourth-order valence-electron chi connectivity index (χ4n) is 1.71. The summed E-state index contributed by atoms with van der Waals surface area (Å²) in [5.41, 5.74) is 0.748. The fraction of sp³-hybridized carbons (Fsp3) is 0.357. The maximum atomic E-state index is 11.7. The molecule has 0 spiro atoms. The van der Waals surface area contributed by atoms with Crippen LogP contribution in [0.4, 0.5) is 4.79 Å². The van der Waals surface area contributed by atoms with Crippen molar-refractivity contribution in [2.75, 3.05) is 13.7 Å². The molecule has 2 amide bonds. The van der Waals surface area contributed by atoms with E-state index in [0.29, 0.717) is 19.0 Å². The zero-order chi connectivity index (χ0) is 15.1. The highest BCUT2D eigenvalue weighted by molar-refractivity contribution is 7.09. The van der Waals surface area contributed by atoms with Crippen LogP contribution in [0.15, 0.2) is 29.8 Å². The SMILES string of the molecule is COc1cccc(CNC(=O)NC[C@@H](C)c2nccs2)n1. The van der Waals surface area contributed by atoms with Gasteiger partial charge in [0.2, 0.25) is 5.88 Å². The van der Waals surface area contributed by atoms with E-state index in [2.05, 4.69) is 20.6 Å². The normalized spacial score (nSPS) is 11.7. The summed E-state index contributed by atoms with van der Waals surface area (Å²) in [5, 5.41) is 8.54. The second-order valence-electron chi connectivity index (χ2n) is 4.51. The third-order valence-corrected chi connectivity index (χ3v) is 3.87. The molecule has 0 saturated carbocycles. The molecule has 0 radical (unpaired) electrons. The molecule has 1 atom stereocenters. The molecule has 112 valence electrons. The molecule has 2 aromatic heterocycles. The van der Waals surface area contributed by atoms with Crippen LogP contribution < -0.4 is 15.4 Å². The van der Waals surface area contributed by atoms with E-state index < -0.39 is 0 Å². The predicted octanol–water partition coefficient (Wildman–Crippen LogP) is 2.15. The van der Waals surface area contributed by atoms with Crippen molar-refractivity contribution < 1.29 is 9.53 Å². The van der Waals surface area contributed by atoms with Gasteiger partial charge in [0, 0.05) is 30.1 Å². The fourth-order valence-corrected chi connectivity index (χ4v) is 2.41. The number of carbonyl (C=O) groups is 1. The second kappa shape index (κ2) is 7.58.